The monoisotopic (exact) mass is 479 g/mol. The number of rotatable bonds is 7. The molecule has 1 aliphatic rings. The molecule has 1 fully saturated rings. The maximum absolute atomic E-state index is 11.8. The molecule has 0 aliphatic carbocycles. The van der Waals surface area contributed by atoms with Crippen LogP contribution in [0.2, 0.25) is 0 Å². The van der Waals surface area contributed by atoms with Crippen molar-refractivity contribution in [3.63, 3.8) is 0 Å². The summed E-state index contributed by atoms with van der Waals surface area (Å²) in [5, 5.41) is 7.16. The van der Waals surface area contributed by atoms with Gasteiger partial charge in [0.1, 0.15) is 0 Å². The Hall–Kier alpha value is -4.23. The molecule has 1 amide bonds. The van der Waals surface area contributed by atoms with Crippen LogP contribution in [0, 0.1) is 0 Å². The third kappa shape index (κ3) is 5.06. The summed E-state index contributed by atoms with van der Waals surface area (Å²) in [5.41, 5.74) is 6.88. The third-order valence-electron chi connectivity index (χ3n) is 6.32. The summed E-state index contributed by atoms with van der Waals surface area (Å²) in [7, 11) is 0. The summed E-state index contributed by atoms with van der Waals surface area (Å²) < 4.78 is 5.45. The summed E-state index contributed by atoms with van der Waals surface area (Å²) in [4.78, 5) is 23.6. The van der Waals surface area contributed by atoms with E-state index in [1.807, 2.05) is 42.6 Å². The first-order chi connectivity index (χ1) is 17.6. The lowest BCUT2D eigenvalue weighted by Gasteiger charge is -2.28. The van der Waals surface area contributed by atoms with Crippen molar-refractivity contribution in [3.8, 4) is 11.1 Å². The van der Waals surface area contributed by atoms with E-state index in [2.05, 4.69) is 58.3 Å². The summed E-state index contributed by atoms with van der Waals surface area (Å²) in [6.45, 7) is 8.99. The highest BCUT2D eigenvalue weighted by atomic mass is 16.5. The van der Waals surface area contributed by atoms with Gasteiger partial charge in [0, 0.05) is 47.3 Å². The van der Waals surface area contributed by atoms with Gasteiger partial charge in [-0.3, -0.25) is 4.79 Å². The molecule has 3 aromatic carbocycles. The Morgan fingerprint density at radius 2 is 1.89 bits per heavy atom. The minimum Gasteiger partial charge on any atom is -0.378 e. The number of morpholine rings is 1. The van der Waals surface area contributed by atoms with Gasteiger partial charge in [0.2, 0.25) is 11.9 Å². The fourth-order valence-electron chi connectivity index (χ4n) is 4.47. The van der Waals surface area contributed by atoms with E-state index in [9.17, 15) is 4.79 Å². The molecule has 0 radical (unpaired) electrons. The molecule has 2 heterocycles. The number of amides is 1. The zero-order valence-corrected chi connectivity index (χ0v) is 20.3. The second kappa shape index (κ2) is 10.6. The number of benzene rings is 3. The van der Waals surface area contributed by atoms with E-state index in [-0.39, 0.29) is 5.91 Å². The molecule has 0 bridgehead atoms. The molecule has 0 spiro atoms. The van der Waals surface area contributed by atoms with Crippen LogP contribution in [0.25, 0.3) is 22.0 Å². The minimum atomic E-state index is -0.241. The number of anilines is 4. The maximum atomic E-state index is 11.8. The van der Waals surface area contributed by atoms with Crippen LogP contribution in [-0.4, -0.2) is 42.2 Å². The first kappa shape index (κ1) is 23.5. The number of hydrogen-bond acceptors (Lipinski definition) is 6. The van der Waals surface area contributed by atoms with Gasteiger partial charge in [0.25, 0.3) is 0 Å². The standard InChI is InChI=1S/C29H29N5O2/c1-3-20-8-9-22-19-30-29(32-23-10-12-25(13-11-23)34-14-16-36-17-15-34)33-28(22)27(20)21-6-5-7-24(18-21)31-26(35)4-2/h4-13,18-19H,2-3,14-17H2,1H3,(H,31,35)(H,30,32,33). The van der Waals surface area contributed by atoms with E-state index in [0.717, 1.165) is 60.4 Å². The van der Waals surface area contributed by atoms with E-state index in [1.54, 1.807) is 0 Å². The van der Waals surface area contributed by atoms with Crippen molar-refractivity contribution in [2.75, 3.05) is 41.8 Å². The minimum absolute atomic E-state index is 0.241. The van der Waals surface area contributed by atoms with E-state index < -0.39 is 0 Å². The van der Waals surface area contributed by atoms with Gasteiger partial charge in [0.15, 0.2) is 0 Å². The Bertz CT molecular complexity index is 1390. The van der Waals surface area contributed by atoms with E-state index in [4.69, 9.17) is 9.72 Å². The van der Waals surface area contributed by atoms with Crippen molar-refractivity contribution in [3.05, 3.63) is 85.1 Å². The van der Waals surface area contributed by atoms with Crippen molar-refractivity contribution in [1.29, 1.82) is 0 Å². The van der Waals surface area contributed by atoms with Crippen molar-refractivity contribution >= 4 is 39.8 Å². The third-order valence-corrected chi connectivity index (χ3v) is 6.32. The van der Waals surface area contributed by atoms with Crippen molar-refractivity contribution in [1.82, 2.24) is 9.97 Å². The van der Waals surface area contributed by atoms with Gasteiger partial charge in [-0.1, -0.05) is 37.8 Å². The van der Waals surface area contributed by atoms with Gasteiger partial charge in [-0.15, -0.1) is 0 Å². The van der Waals surface area contributed by atoms with Crippen LogP contribution in [0.1, 0.15) is 12.5 Å². The van der Waals surface area contributed by atoms with Crippen molar-refractivity contribution in [2.45, 2.75) is 13.3 Å². The van der Waals surface area contributed by atoms with Crippen LogP contribution in [-0.2, 0) is 16.0 Å². The van der Waals surface area contributed by atoms with E-state index >= 15 is 0 Å². The molecule has 0 saturated carbocycles. The molecule has 36 heavy (non-hydrogen) atoms. The predicted molar refractivity (Wildman–Crippen MR) is 146 cm³/mol. The lowest BCUT2D eigenvalue weighted by atomic mass is 9.95. The largest absolute Gasteiger partial charge is 0.378 e. The number of carbonyl (C=O) groups excluding carboxylic acids is 1. The number of nitrogens with one attached hydrogen (secondary N) is 2. The molecule has 7 nitrogen and oxygen atoms in total. The van der Waals surface area contributed by atoms with Crippen molar-refractivity contribution < 1.29 is 9.53 Å². The van der Waals surface area contributed by atoms with Crippen LogP contribution in [0.4, 0.5) is 23.0 Å². The second-order valence-electron chi connectivity index (χ2n) is 8.63. The number of aromatic nitrogens is 2. The molecule has 5 rings (SSSR count). The molecule has 4 aromatic rings. The fraction of sp³-hybridized carbons (Fsp3) is 0.207. The molecule has 0 unspecified atom stereocenters. The molecular weight excluding hydrogens is 450 g/mol. The number of carbonyl (C=O) groups is 1. The van der Waals surface area contributed by atoms with Crippen LogP contribution in [0.3, 0.4) is 0 Å². The number of ether oxygens (including phenoxy) is 1. The Kier molecular flexibility index (Phi) is 6.91. The zero-order chi connectivity index (χ0) is 24.9. The molecule has 2 N–H and O–H groups in total. The first-order valence-electron chi connectivity index (χ1n) is 12.2. The maximum Gasteiger partial charge on any atom is 0.247 e. The highest BCUT2D eigenvalue weighted by Gasteiger charge is 2.14. The molecule has 1 aliphatic heterocycles. The summed E-state index contributed by atoms with van der Waals surface area (Å²) >= 11 is 0. The fourth-order valence-corrected chi connectivity index (χ4v) is 4.47. The first-order valence-corrected chi connectivity index (χ1v) is 12.2. The Morgan fingerprint density at radius 1 is 1.08 bits per heavy atom. The SMILES string of the molecule is C=CC(=O)Nc1cccc(-c2c(CC)ccc3cnc(Nc4ccc(N5CCOCC5)cc4)nc23)c1. The topological polar surface area (TPSA) is 79.4 Å². The average Bonchev–Trinajstić information content (AvgIpc) is 2.93. The smallest absolute Gasteiger partial charge is 0.247 e. The van der Waals surface area contributed by atoms with Gasteiger partial charge in [-0.05, 0) is 60.0 Å². The molecule has 1 aromatic heterocycles. The average molecular weight is 480 g/mol. The number of nitrogens with zero attached hydrogens (tertiary/aromatic N) is 3. The Labute approximate surface area is 210 Å². The van der Waals surface area contributed by atoms with Crippen molar-refractivity contribution in [2.24, 2.45) is 0 Å². The zero-order valence-electron chi connectivity index (χ0n) is 20.3. The molecule has 182 valence electrons. The number of hydrogen-bond donors (Lipinski definition) is 2. The summed E-state index contributed by atoms with van der Waals surface area (Å²) in [5.74, 6) is 0.293. The quantitative estimate of drug-likeness (QED) is 0.338. The van der Waals surface area contributed by atoms with Gasteiger partial charge < -0.3 is 20.3 Å². The van der Waals surface area contributed by atoms with Gasteiger partial charge in [-0.25, -0.2) is 9.97 Å². The van der Waals surface area contributed by atoms with Crippen LogP contribution < -0.4 is 15.5 Å². The van der Waals surface area contributed by atoms with E-state index in [1.165, 1.54) is 17.3 Å². The lowest BCUT2D eigenvalue weighted by Crippen LogP contribution is -2.36. The second-order valence-corrected chi connectivity index (χ2v) is 8.63. The lowest BCUT2D eigenvalue weighted by molar-refractivity contribution is -0.111. The molecular formula is C29H29N5O2. The Balaban J connectivity index is 1.47. The number of aryl methyl sites for hydroxylation is 1. The van der Waals surface area contributed by atoms with E-state index in [0.29, 0.717) is 11.6 Å². The summed E-state index contributed by atoms with van der Waals surface area (Å²) in [6.07, 6.45) is 3.96. The Morgan fingerprint density at radius 3 is 2.64 bits per heavy atom. The molecule has 0 atom stereocenters. The number of fused-ring (bicyclic) bond motifs is 1. The molecule has 7 heteroatoms. The van der Waals surface area contributed by atoms with Crippen LogP contribution in [0.5, 0.6) is 0 Å². The van der Waals surface area contributed by atoms with Crippen LogP contribution in [0.15, 0.2) is 79.5 Å². The van der Waals surface area contributed by atoms with Gasteiger partial charge in [-0.2, -0.15) is 0 Å². The normalized spacial score (nSPS) is 13.4. The highest BCUT2D eigenvalue weighted by Crippen LogP contribution is 2.33. The highest BCUT2D eigenvalue weighted by molar-refractivity contribution is 6.00. The summed E-state index contributed by atoms with van der Waals surface area (Å²) in [6, 6.07) is 20.3. The van der Waals surface area contributed by atoms with Gasteiger partial charge in [0.05, 0.1) is 18.7 Å². The predicted octanol–water partition coefficient (Wildman–Crippen LogP) is 5.56. The van der Waals surface area contributed by atoms with Crippen LogP contribution >= 0.6 is 0 Å². The van der Waals surface area contributed by atoms with Gasteiger partial charge >= 0.3 is 0 Å². The molecule has 1 saturated heterocycles.